The van der Waals surface area contributed by atoms with Gasteiger partial charge in [-0.3, -0.25) is 9.69 Å². The highest BCUT2D eigenvalue weighted by atomic mass is 35.5. The van der Waals surface area contributed by atoms with Gasteiger partial charge in [0.2, 0.25) is 5.91 Å². The molecule has 0 bridgehead atoms. The fourth-order valence-corrected chi connectivity index (χ4v) is 2.92. The van der Waals surface area contributed by atoms with Gasteiger partial charge in [0.25, 0.3) is 0 Å². The van der Waals surface area contributed by atoms with Crippen LogP contribution in [0.3, 0.4) is 0 Å². The minimum Gasteiger partial charge on any atom is -0.352 e. The summed E-state index contributed by atoms with van der Waals surface area (Å²) >= 11 is 0. The predicted octanol–water partition coefficient (Wildman–Crippen LogP) is 1.11. The third-order valence-electron chi connectivity index (χ3n) is 4.54. The van der Waals surface area contributed by atoms with E-state index in [1.165, 1.54) is 13.0 Å². The van der Waals surface area contributed by atoms with E-state index in [-0.39, 0.29) is 24.4 Å². The van der Waals surface area contributed by atoms with Crippen LogP contribution in [0, 0.1) is 17.8 Å². The summed E-state index contributed by atoms with van der Waals surface area (Å²) in [7, 11) is 0. The Hall–Kier alpha value is -0.320. The van der Waals surface area contributed by atoms with Crippen molar-refractivity contribution in [1.82, 2.24) is 15.5 Å². The van der Waals surface area contributed by atoms with Crippen LogP contribution in [0.15, 0.2) is 0 Å². The Balaban J connectivity index is 0.00000180. The van der Waals surface area contributed by atoms with Crippen molar-refractivity contribution in [3.8, 4) is 0 Å². The van der Waals surface area contributed by atoms with E-state index in [1.54, 1.807) is 0 Å². The summed E-state index contributed by atoms with van der Waals surface area (Å²) < 4.78 is 0. The molecule has 0 saturated carbocycles. The lowest BCUT2D eigenvalue weighted by atomic mass is 9.89. The van der Waals surface area contributed by atoms with Gasteiger partial charge in [0.05, 0.1) is 6.54 Å². The summed E-state index contributed by atoms with van der Waals surface area (Å²) in [6, 6.07) is 0.267. The molecule has 2 aliphatic rings. The zero-order valence-electron chi connectivity index (χ0n) is 12.3. The molecule has 3 atom stereocenters. The number of nitrogens with zero attached hydrogens (tertiary/aromatic N) is 1. The van der Waals surface area contributed by atoms with Gasteiger partial charge in [0, 0.05) is 12.6 Å². The summed E-state index contributed by atoms with van der Waals surface area (Å²) in [6.45, 7) is 11.4. The first-order chi connectivity index (χ1) is 8.56. The lowest BCUT2D eigenvalue weighted by Gasteiger charge is -2.34. The Labute approximate surface area is 123 Å². The van der Waals surface area contributed by atoms with Crippen LogP contribution in [0.5, 0.6) is 0 Å². The van der Waals surface area contributed by atoms with Crippen molar-refractivity contribution in [2.45, 2.75) is 33.2 Å². The normalized spacial score (nSPS) is 28.6. The summed E-state index contributed by atoms with van der Waals surface area (Å²) in [5.74, 6) is 2.28. The standard InChI is InChI=1S/C14H27N3O.ClH/c1-10(2)11(3)16-14(18)9-17-5-4-12-6-15-7-13(12)8-17;/h10-13,15H,4-9H2,1-3H3,(H,16,18);1H. The quantitative estimate of drug-likeness (QED) is 0.815. The van der Waals surface area contributed by atoms with Crippen molar-refractivity contribution in [1.29, 1.82) is 0 Å². The molecule has 19 heavy (non-hydrogen) atoms. The third-order valence-corrected chi connectivity index (χ3v) is 4.54. The van der Waals surface area contributed by atoms with Crippen LogP contribution in [-0.2, 0) is 4.79 Å². The van der Waals surface area contributed by atoms with Crippen molar-refractivity contribution < 1.29 is 4.79 Å². The van der Waals surface area contributed by atoms with Gasteiger partial charge in [0.15, 0.2) is 0 Å². The highest BCUT2D eigenvalue weighted by molar-refractivity contribution is 5.85. The average Bonchev–Trinajstić information content (AvgIpc) is 2.75. The van der Waals surface area contributed by atoms with E-state index in [2.05, 4.69) is 36.3 Å². The maximum atomic E-state index is 11.9. The number of piperidine rings is 1. The number of carbonyl (C=O) groups excluding carboxylic acids is 1. The second-order valence-corrected chi connectivity index (χ2v) is 6.30. The number of nitrogens with one attached hydrogen (secondary N) is 2. The van der Waals surface area contributed by atoms with Gasteiger partial charge >= 0.3 is 0 Å². The number of carbonyl (C=O) groups is 1. The molecule has 112 valence electrons. The van der Waals surface area contributed by atoms with Gasteiger partial charge in [0.1, 0.15) is 0 Å². The maximum absolute atomic E-state index is 11.9. The first kappa shape index (κ1) is 16.7. The molecule has 0 aromatic rings. The lowest BCUT2D eigenvalue weighted by Crippen LogP contribution is -2.47. The van der Waals surface area contributed by atoms with Crippen molar-refractivity contribution in [2.24, 2.45) is 17.8 Å². The van der Waals surface area contributed by atoms with Gasteiger partial charge in [-0.15, -0.1) is 12.4 Å². The van der Waals surface area contributed by atoms with Gasteiger partial charge in [-0.1, -0.05) is 13.8 Å². The SMILES string of the molecule is CC(C)C(C)NC(=O)CN1CCC2CNCC2C1.Cl. The average molecular weight is 290 g/mol. The van der Waals surface area contributed by atoms with Crippen LogP contribution in [-0.4, -0.2) is 49.6 Å². The van der Waals surface area contributed by atoms with Crippen molar-refractivity contribution >= 4 is 18.3 Å². The van der Waals surface area contributed by atoms with E-state index in [1.807, 2.05) is 0 Å². The Morgan fingerprint density at radius 2 is 2.00 bits per heavy atom. The van der Waals surface area contributed by atoms with Crippen LogP contribution in [0.25, 0.3) is 0 Å². The van der Waals surface area contributed by atoms with Gasteiger partial charge in [-0.2, -0.15) is 0 Å². The maximum Gasteiger partial charge on any atom is 0.234 e. The van der Waals surface area contributed by atoms with Gasteiger partial charge in [-0.05, 0) is 50.7 Å². The lowest BCUT2D eigenvalue weighted by molar-refractivity contribution is -0.123. The largest absolute Gasteiger partial charge is 0.352 e. The fourth-order valence-electron chi connectivity index (χ4n) is 2.92. The summed E-state index contributed by atoms with van der Waals surface area (Å²) in [6.07, 6.45) is 1.24. The van der Waals surface area contributed by atoms with E-state index in [9.17, 15) is 4.79 Å². The van der Waals surface area contributed by atoms with E-state index in [4.69, 9.17) is 0 Å². The highest BCUT2D eigenvalue weighted by Crippen LogP contribution is 2.26. The van der Waals surface area contributed by atoms with Crippen LogP contribution >= 0.6 is 12.4 Å². The third kappa shape index (κ3) is 4.62. The minimum absolute atomic E-state index is 0. The van der Waals surface area contributed by atoms with Gasteiger partial charge in [-0.25, -0.2) is 0 Å². The van der Waals surface area contributed by atoms with E-state index in [0.29, 0.717) is 12.5 Å². The number of amides is 1. The molecule has 2 aliphatic heterocycles. The number of hydrogen-bond donors (Lipinski definition) is 2. The Bertz CT molecular complexity index is 298. The molecule has 2 heterocycles. The first-order valence-electron chi connectivity index (χ1n) is 7.28. The fraction of sp³-hybridized carbons (Fsp3) is 0.929. The number of fused-ring (bicyclic) bond motifs is 1. The molecule has 3 unspecified atom stereocenters. The molecule has 0 aromatic carbocycles. The zero-order valence-corrected chi connectivity index (χ0v) is 13.1. The van der Waals surface area contributed by atoms with Crippen molar-refractivity contribution in [3.63, 3.8) is 0 Å². The molecule has 2 N–H and O–H groups in total. The summed E-state index contributed by atoms with van der Waals surface area (Å²) in [5.41, 5.74) is 0. The Morgan fingerprint density at radius 3 is 2.68 bits per heavy atom. The number of rotatable bonds is 4. The summed E-state index contributed by atoms with van der Waals surface area (Å²) in [5, 5.41) is 6.55. The molecular formula is C14H28ClN3O. The molecule has 5 heteroatoms. The molecule has 0 spiro atoms. The molecule has 0 aliphatic carbocycles. The predicted molar refractivity (Wildman–Crippen MR) is 80.6 cm³/mol. The van der Waals surface area contributed by atoms with Crippen LogP contribution < -0.4 is 10.6 Å². The zero-order chi connectivity index (χ0) is 13.1. The monoisotopic (exact) mass is 289 g/mol. The Morgan fingerprint density at radius 1 is 1.32 bits per heavy atom. The molecule has 4 nitrogen and oxygen atoms in total. The van der Waals surface area contributed by atoms with E-state index in [0.717, 1.165) is 31.5 Å². The van der Waals surface area contributed by atoms with Crippen LogP contribution in [0.4, 0.5) is 0 Å². The second kappa shape index (κ2) is 7.46. The molecule has 1 amide bonds. The number of halogens is 1. The topological polar surface area (TPSA) is 44.4 Å². The Kier molecular flexibility index (Phi) is 6.57. The van der Waals surface area contributed by atoms with Crippen molar-refractivity contribution in [3.05, 3.63) is 0 Å². The minimum atomic E-state index is 0. The molecule has 2 rings (SSSR count). The van der Waals surface area contributed by atoms with E-state index >= 15 is 0 Å². The molecular weight excluding hydrogens is 262 g/mol. The molecule has 2 fully saturated rings. The highest BCUT2D eigenvalue weighted by Gasteiger charge is 2.33. The number of likely N-dealkylation sites (tertiary alicyclic amines) is 1. The number of hydrogen-bond acceptors (Lipinski definition) is 3. The summed E-state index contributed by atoms with van der Waals surface area (Å²) in [4.78, 5) is 14.3. The van der Waals surface area contributed by atoms with E-state index < -0.39 is 0 Å². The second-order valence-electron chi connectivity index (χ2n) is 6.30. The molecule has 0 radical (unpaired) electrons. The van der Waals surface area contributed by atoms with Crippen LogP contribution in [0.1, 0.15) is 27.2 Å². The molecule has 2 saturated heterocycles. The molecule has 0 aromatic heterocycles. The smallest absolute Gasteiger partial charge is 0.234 e. The van der Waals surface area contributed by atoms with Crippen molar-refractivity contribution in [2.75, 3.05) is 32.7 Å². The first-order valence-corrected chi connectivity index (χ1v) is 7.28. The van der Waals surface area contributed by atoms with Crippen LogP contribution in [0.2, 0.25) is 0 Å². The van der Waals surface area contributed by atoms with Gasteiger partial charge < -0.3 is 10.6 Å².